The summed E-state index contributed by atoms with van der Waals surface area (Å²) in [5.74, 6) is 0.516. The Morgan fingerprint density at radius 3 is 2.58 bits per heavy atom. The van der Waals surface area contributed by atoms with E-state index in [9.17, 15) is 9.90 Å². The van der Waals surface area contributed by atoms with E-state index in [4.69, 9.17) is 19.4 Å². The van der Waals surface area contributed by atoms with Gasteiger partial charge in [0.2, 0.25) is 0 Å². The van der Waals surface area contributed by atoms with Gasteiger partial charge in [-0.1, -0.05) is 29.4 Å². The maximum atomic E-state index is 12.5. The topological polar surface area (TPSA) is 118 Å². The third kappa shape index (κ3) is 2.89. The molecule has 132 valence electrons. The van der Waals surface area contributed by atoms with Crippen LogP contribution in [0.4, 0.5) is 0 Å². The van der Waals surface area contributed by atoms with Crippen molar-refractivity contribution in [1.82, 2.24) is 0 Å². The summed E-state index contributed by atoms with van der Waals surface area (Å²) in [6.07, 6.45) is 0. The molecule has 0 amide bonds. The number of fused-ring (bicyclic) bond motifs is 1. The fraction of sp³-hybridized carbons (Fsp3) is 0.167. The van der Waals surface area contributed by atoms with Crippen LogP contribution < -0.4 is 15.1 Å². The van der Waals surface area contributed by atoms with Gasteiger partial charge in [-0.3, -0.25) is 0 Å². The fourth-order valence-electron chi connectivity index (χ4n) is 2.76. The van der Waals surface area contributed by atoms with Gasteiger partial charge in [-0.25, -0.2) is 4.79 Å². The molecule has 0 saturated heterocycles. The van der Waals surface area contributed by atoms with Crippen molar-refractivity contribution in [3.8, 4) is 28.4 Å². The van der Waals surface area contributed by atoms with E-state index in [2.05, 4.69) is 10.0 Å². The molecule has 8 nitrogen and oxygen atoms in total. The number of azide groups is 1. The first-order valence-electron chi connectivity index (χ1n) is 7.61. The maximum Gasteiger partial charge on any atom is 0.347 e. The van der Waals surface area contributed by atoms with Crippen LogP contribution in [0.1, 0.15) is 5.56 Å². The Bertz CT molecular complexity index is 1080. The second kappa shape index (κ2) is 7.08. The molecule has 1 heterocycles. The van der Waals surface area contributed by atoms with Gasteiger partial charge in [0.15, 0.2) is 11.5 Å². The zero-order valence-corrected chi connectivity index (χ0v) is 14.1. The van der Waals surface area contributed by atoms with Crippen LogP contribution in [-0.4, -0.2) is 19.3 Å². The van der Waals surface area contributed by atoms with Crippen molar-refractivity contribution < 1.29 is 19.0 Å². The summed E-state index contributed by atoms with van der Waals surface area (Å²) in [5.41, 5.74) is 9.02. The van der Waals surface area contributed by atoms with Crippen molar-refractivity contribution in [2.75, 3.05) is 14.2 Å². The number of methoxy groups -OCH3 is 2. The van der Waals surface area contributed by atoms with Gasteiger partial charge >= 0.3 is 5.63 Å². The van der Waals surface area contributed by atoms with E-state index in [1.807, 2.05) is 0 Å². The third-order valence-electron chi connectivity index (χ3n) is 3.98. The SMILES string of the molecule is COc1cc2oc(=O)c(-c3ccccc3CN=[N+]=[N-])c(O)c2cc1OC. The molecule has 8 heteroatoms. The van der Waals surface area contributed by atoms with Gasteiger partial charge < -0.3 is 19.0 Å². The standard InChI is InChI=1S/C18H15N3O5/c1-24-14-7-12-13(8-15(14)25-2)26-18(23)16(17(12)22)11-6-4-3-5-10(11)9-20-21-19/h3-8,22H,9H2,1-2H3. The van der Waals surface area contributed by atoms with Crippen LogP contribution in [0.5, 0.6) is 17.2 Å². The largest absolute Gasteiger partial charge is 0.506 e. The molecule has 0 radical (unpaired) electrons. The number of aromatic hydroxyl groups is 1. The molecule has 2 aromatic carbocycles. The quantitative estimate of drug-likeness (QED) is 0.322. The molecule has 26 heavy (non-hydrogen) atoms. The first-order chi connectivity index (χ1) is 12.6. The summed E-state index contributed by atoms with van der Waals surface area (Å²) in [6, 6.07) is 9.84. The lowest BCUT2D eigenvalue weighted by Gasteiger charge is -2.12. The van der Waals surface area contributed by atoms with E-state index < -0.39 is 5.63 Å². The molecule has 3 aromatic rings. The molecular formula is C18H15N3O5. The highest BCUT2D eigenvalue weighted by molar-refractivity contribution is 5.92. The molecule has 1 aromatic heterocycles. The molecular weight excluding hydrogens is 338 g/mol. The normalized spacial score (nSPS) is 10.4. The number of hydrogen-bond acceptors (Lipinski definition) is 6. The molecule has 0 bridgehead atoms. The maximum absolute atomic E-state index is 12.5. The Balaban J connectivity index is 2.32. The smallest absolute Gasteiger partial charge is 0.347 e. The number of benzene rings is 2. The summed E-state index contributed by atoms with van der Waals surface area (Å²) in [7, 11) is 2.93. The molecule has 0 saturated carbocycles. The van der Waals surface area contributed by atoms with Gasteiger partial charge in [0.25, 0.3) is 0 Å². The van der Waals surface area contributed by atoms with E-state index in [0.717, 1.165) is 0 Å². The Hall–Kier alpha value is -3.64. The Morgan fingerprint density at radius 1 is 1.19 bits per heavy atom. The van der Waals surface area contributed by atoms with Crippen molar-refractivity contribution in [3.63, 3.8) is 0 Å². The van der Waals surface area contributed by atoms with Crippen molar-refractivity contribution in [2.45, 2.75) is 6.54 Å². The van der Waals surface area contributed by atoms with Crippen LogP contribution in [0, 0.1) is 0 Å². The molecule has 0 fully saturated rings. The number of ether oxygens (including phenoxy) is 2. The highest BCUT2D eigenvalue weighted by Gasteiger charge is 2.20. The zero-order chi connectivity index (χ0) is 18.7. The van der Waals surface area contributed by atoms with E-state index in [-0.39, 0.29) is 23.4 Å². The first-order valence-corrected chi connectivity index (χ1v) is 7.61. The van der Waals surface area contributed by atoms with E-state index in [1.54, 1.807) is 24.3 Å². The van der Waals surface area contributed by atoms with E-state index in [1.165, 1.54) is 26.4 Å². The molecule has 0 aliphatic carbocycles. The minimum absolute atomic E-state index is 0.00606. The predicted molar refractivity (Wildman–Crippen MR) is 95.5 cm³/mol. The molecule has 1 N–H and O–H groups in total. The van der Waals surface area contributed by atoms with Crippen LogP contribution >= 0.6 is 0 Å². The van der Waals surface area contributed by atoms with Crippen LogP contribution in [0.25, 0.3) is 32.5 Å². The number of hydrogen-bond donors (Lipinski definition) is 1. The van der Waals surface area contributed by atoms with Gasteiger partial charge in [-0.2, -0.15) is 0 Å². The van der Waals surface area contributed by atoms with Crippen molar-refractivity contribution in [3.05, 3.63) is 62.8 Å². The van der Waals surface area contributed by atoms with Crippen molar-refractivity contribution >= 4 is 11.0 Å². The summed E-state index contributed by atoms with van der Waals surface area (Å²) in [4.78, 5) is 15.3. The molecule has 3 rings (SSSR count). The predicted octanol–water partition coefficient (Wildman–Crippen LogP) is 3.99. The first kappa shape index (κ1) is 17.2. The second-order valence-corrected chi connectivity index (χ2v) is 5.36. The Labute approximate surface area is 147 Å². The Morgan fingerprint density at radius 2 is 1.88 bits per heavy atom. The van der Waals surface area contributed by atoms with Gasteiger partial charge in [0, 0.05) is 11.0 Å². The van der Waals surface area contributed by atoms with Crippen LogP contribution in [0.2, 0.25) is 0 Å². The number of rotatable bonds is 5. The lowest BCUT2D eigenvalue weighted by Crippen LogP contribution is -2.05. The summed E-state index contributed by atoms with van der Waals surface area (Å²) in [5, 5.41) is 14.6. The molecule has 0 spiro atoms. The summed E-state index contributed by atoms with van der Waals surface area (Å²) >= 11 is 0. The highest BCUT2D eigenvalue weighted by Crippen LogP contribution is 2.39. The lowest BCUT2D eigenvalue weighted by atomic mass is 9.99. The molecule has 0 unspecified atom stereocenters. The average Bonchev–Trinajstić information content (AvgIpc) is 2.66. The van der Waals surface area contributed by atoms with E-state index in [0.29, 0.717) is 28.0 Å². The van der Waals surface area contributed by atoms with Crippen molar-refractivity contribution in [2.24, 2.45) is 5.11 Å². The van der Waals surface area contributed by atoms with Crippen molar-refractivity contribution in [1.29, 1.82) is 0 Å². The van der Waals surface area contributed by atoms with Crippen LogP contribution in [0.15, 0.2) is 50.7 Å². The molecule has 0 atom stereocenters. The van der Waals surface area contributed by atoms with Gasteiger partial charge in [-0.05, 0) is 22.7 Å². The number of nitrogens with zero attached hydrogens (tertiary/aromatic N) is 3. The Kier molecular flexibility index (Phi) is 4.68. The van der Waals surface area contributed by atoms with E-state index >= 15 is 0 Å². The van der Waals surface area contributed by atoms with Gasteiger partial charge in [0.1, 0.15) is 16.9 Å². The minimum atomic E-state index is -0.712. The molecule has 0 aliphatic heterocycles. The van der Waals surface area contributed by atoms with Crippen LogP contribution in [0.3, 0.4) is 0 Å². The van der Waals surface area contributed by atoms with Gasteiger partial charge in [-0.15, -0.1) is 0 Å². The summed E-state index contributed by atoms with van der Waals surface area (Å²) in [6.45, 7) is 0.0372. The average molecular weight is 353 g/mol. The van der Waals surface area contributed by atoms with Crippen LogP contribution in [-0.2, 0) is 6.54 Å². The molecule has 0 aliphatic rings. The minimum Gasteiger partial charge on any atom is -0.506 e. The fourth-order valence-corrected chi connectivity index (χ4v) is 2.76. The van der Waals surface area contributed by atoms with Gasteiger partial charge in [0.05, 0.1) is 26.2 Å². The highest BCUT2D eigenvalue weighted by atomic mass is 16.5. The zero-order valence-electron chi connectivity index (χ0n) is 14.1. The lowest BCUT2D eigenvalue weighted by molar-refractivity contribution is 0.354. The third-order valence-corrected chi connectivity index (χ3v) is 3.98. The second-order valence-electron chi connectivity index (χ2n) is 5.36. The monoisotopic (exact) mass is 353 g/mol. The summed E-state index contributed by atoms with van der Waals surface area (Å²) < 4.78 is 15.8.